The van der Waals surface area contributed by atoms with Crippen molar-refractivity contribution in [2.45, 2.75) is 70.3 Å². The maximum atomic E-state index is 5.75. The van der Waals surface area contributed by atoms with Gasteiger partial charge in [0, 0.05) is 6.42 Å². The highest BCUT2D eigenvalue weighted by molar-refractivity contribution is 5.19. The molecular formula is C18H28O. The van der Waals surface area contributed by atoms with Crippen molar-refractivity contribution in [1.82, 2.24) is 0 Å². The van der Waals surface area contributed by atoms with Crippen molar-refractivity contribution < 1.29 is 4.74 Å². The Hall–Kier alpha value is -0.820. The van der Waals surface area contributed by atoms with Crippen LogP contribution in [-0.2, 0) is 11.2 Å². The van der Waals surface area contributed by atoms with Crippen LogP contribution in [0.2, 0.25) is 0 Å². The van der Waals surface area contributed by atoms with Crippen molar-refractivity contribution in [2.24, 2.45) is 0 Å². The van der Waals surface area contributed by atoms with Gasteiger partial charge in [-0.15, -0.1) is 0 Å². The molecule has 1 atom stereocenters. The summed E-state index contributed by atoms with van der Waals surface area (Å²) >= 11 is 0. The molecule has 0 N–H and O–H groups in total. The Labute approximate surface area is 118 Å². The first-order chi connectivity index (χ1) is 9.35. The largest absolute Gasteiger partial charge is 0.369 e. The smallest absolute Gasteiger partial charge is 0.0956 e. The van der Waals surface area contributed by atoms with Gasteiger partial charge in [0.25, 0.3) is 0 Å². The third-order valence-corrected chi connectivity index (χ3v) is 4.16. The van der Waals surface area contributed by atoms with Gasteiger partial charge in [-0.05, 0) is 12.0 Å². The average Bonchev–Trinajstić information content (AvgIpc) is 3.19. The van der Waals surface area contributed by atoms with Crippen molar-refractivity contribution in [2.75, 3.05) is 6.61 Å². The fraction of sp³-hybridized carbons (Fsp3) is 0.667. The van der Waals surface area contributed by atoms with Gasteiger partial charge in [-0.25, -0.2) is 0 Å². The number of epoxide rings is 1. The van der Waals surface area contributed by atoms with E-state index in [1.165, 1.54) is 56.9 Å². The van der Waals surface area contributed by atoms with Gasteiger partial charge in [0.15, 0.2) is 0 Å². The van der Waals surface area contributed by atoms with E-state index in [2.05, 4.69) is 37.3 Å². The van der Waals surface area contributed by atoms with Gasteiger partial charge in [0.05, 0.1) is 12.2 Å². The number of ether oxygens (including phenoxy) is 1. The molecule has 1 saturated heterocycles. The van der Waals surface area contributed by atoms with Crippen LogP contribution >= 0.6 is 0 Å². The lowest BCUT2D eigenvalue weighted by molar-refractivity contribution is 0.279. The van der Waals surface area contributed by atoms with E-state index in [4.69, 9.17) is 4.74 Å². The lowest BCUT2D eigenvalue weighted by atomic mass is 9.94. The molecule has 0 spiro atoms. The normalized spacial score (nSPS) is 21.5. The molecular weight excluding hydrogens is 232 g/mol. The Bertz CT molecular complexity index is 340. The van der Waals surface area contributed by atoms with Crippen LogP contribution in [0.15, 0.2) is 30.3 Å². The molecule has 1 aromatic rings. The Morgan fingerprint density at radius 2 is 1.58 bits per heavy atom. The molecule has 0 saturated carbocycles. The molecule has 0 aromatic heterocycles. The first kappa shape index (κ1) is 14.6. The monoisotopic (exact) mass is 260 g/mol. The number of unbranched alkanes of at least 4 members (excludes halogenated alkanes) is 6. The van der Waals surface area contributed by atoms with E-state index in [1.54, 1.807) is 0 Å². The SMILES string of the molecule is CCCCCCCCCC1(Cc2ccccc2)CO1. The maximum absolute atomic E-state index is 5.75. The van der Waals surface area contributed by atoms with Crippen molar-refractivity contribution >= 4 is 0 Å². The highest BCUT2D eigenvalue weighted by Crippen LogP contribution is 2.36. The Kier molecular flexibility index (Phi) is 5.91. The zero-order valence-electron chi connectivity index (χ0n) is 12.4. The van der Waals surface area contributed by atoms with Crippen LogP contribution in [0.5, 0.6) is 0 Å². The first-order valence-electron chi connectivity index (χ1n) is 8.02. The summed E-state index contributed by atoms with van der Waals surface area (Å²) in [5.41, 5.74) is 1.62. The minimum absolute atomic E-state index is 0.199. The van der Waals surface area contributed by atoms with E-state index < -0.39 is 0 Å². The van der Waals surface area contributed by atoms with E-state index in [1.807, 2.05) is 0 Å². The topological polar surface area (TPSA) is 12.5 Å². The Balaban J connectivity index is 1.58. The highest BCUT2D eigenvalue weighted by Gasteiger charge is 2.43. The minimum atomic E-state index is 0.199. The van der Waals surface area contributed by atoms with Crippen LogP contribution in [0.1, 0.15) is 63.9 Å². The number of hydrogen-bond acceptors (Lipinski definition) is 1. The van der Waals surface area contributed by atoms with Gasteiger partial charge in [-0.2, -0.15) is 0 Å². The summed E-state index contributed by atoms with van der Waals surface area (Å²) in [5.74, 6) is 0. The molecule has 1 fully saturated rings. The van der Waals surface area contributed by atoms with E-state index >= 15 is 0 Å². The van der Waals surface area contributed by atoms with Crippen LogP contribution < -0.4 is 0 Å². The van der Waals surface area contributed by atoms with Crippen LogP contribution in [0.25, 0.3) is 0 Å². The van der Waals surface area contributed by atoms with Gasteiger partial charge in [0.2, 0.25) is 0 Å². The molecule has 1 aliphatic rings. The van der Waals surface area contributed by atoms with Crippen LogP contribution in [0.4, 0.5) is 0 Å². The molecule has 106 valence electrons. The molecule has 1 aliphatic heterocycles. The van der Waals surface area contributed by atoms with Gasteiger partial charge in [0.1, 0.15) is 0 Å². The quantitative estimate of drug-likeness (QED) is 0.419. The number of rotatable bonds is 10. The van der Waals surface area contributed by atoms with Crippen LogP contribution in [0, 0.1) is 0 Å². The van der Waals surface area contributed by atoms with Crippen molar-refractivity contribution in [3.05, 3.63) is 35.9 Å². The third kappa shape index (κ3) is 5.36. The zero-order valence-corrected chi connectivity index (χ0v) is 12.4. The fourth-order valence-electron chi connectivity index (χ4n) is 2.81. The molecule has 1 aromatic carbocycles. The number of hydrogen-bond donors (Lipinski definition) is 0. The first-order valence-corrected chi connectivity index (χ1v) is 8.02. The van der Waals surface area contributed by atoms with E-state index in [9.17, 15) is 0 Å². The lowest BCUT2D eigenvalue weighted by Gasteiger charge is -2.11. The molecule has 0 radical (unpaired) electrons. The average molecular weight is 260 g/mol. The molecule has 0 bridgehead atoms. The Morgan fingerprint density at radius 1 is 0.947 bits per heavy atom. The summed E-state index contributed by atoms with van der Waals surface area (Å²) in [6.45, 7) is 3.25. The second-order valence-corrected chi connectivity index (χ2v) is 6.01. The fourth-order valence-corrected chi connectivity index (χ4v) is 2.81. The third-order valence-electron chi connectivity index (χ3n) is 4.16. The molecule has 1 unspecified atom stereocenters. The summed E-state index contributed by atoms with van der Waals surface area (Å²) in [5, 5.41) is 0. The van der Waals surface area contributed by atoms with E-state index in [0.717, 1.165) is 13.0 Å². The molecule has 2 rings (SSSR count). The van der Waals surface area contributed by atoms with Crippen molar-refractivity contribution in [3.8, 4) is 0 Å². The van der Waals surface area contributed by atoms with E-state index in [-0.39, 0.29) is 5.60 Å². The van der Waals surface area contributed by atoms with Gasteiger partial charge in [-0.1, -0.05) is 82.2 Å². The summed E-state index contributed by atoms with van der Waals surface area (Å²) in [7, 11) is 0. The van der Waals surface area contributed by atoms with Gasteiger partial charge < -0.3 is 4.74 Å². The number of benzene rings is 1. The predicted molar refractivity (Wildman–Crippen MR) is 81.4 cm³/mol. The maximum Gasteiger partial charge on any atom is 0.0956 e. The van der Waals surface area contributed by atoms with E-state index in [0.29, 0.717) is 0 Å². The van der Waals surface area contributed by atoms with Gasteiger partial charge >= 0.3 is 0 Å². The molecule has 0 aliphatic carbocycles. The predicted octanol–water partition coefficient (Wildman–Crippen LogP) is 5.14. The second kappa shape index (κ2) is 7.69. The summed E-state index contributed by atoms with van der Waals surface area (Å²) < 4.78 is 5.75. The molecule has 1 nitrogen and oxygen atoms in total. The van der Waals surface area contributed by atoms with Crippen LogP contribution in [-0.4, -0.2) is 12.2 Å². The van der Waals surface area contributed by atoms with Crippen molar-refractivity contribution in [1.29, 1.82) is 0 Å². The standard InChI is InChI=1S/C18H28O/c1-2-3-4-5-6-7-11-14-18(16-19-18)15-17-12-9-8-10-13-17/h8-10,12-13H,2-7,11,14-16H2,1H3. The second-order valence-electron chi connectivity index (χ2n) is 6.01. The summed E-state index contributed by atoms with van der Waals surface area (Å²) in [4.78, 5) is 0. The van der Waals surface area contributed by atoms with Crippen molar-refractivity contribution in [3.63, 3.8) is 0 Å². The summed E-state index contributed by atoms with van der Waals surface area (Å²) in [6, 6.07) is 10.8. The molecule has 1 heterocycles. The zero-order chi connectivity index (χ0) is 13.4. The van der Waals surface area contributed by atoms with Crippen LogP contribution in [0.3, 0.4) is 0 Å². The summed E-state index contributed by atoms with van der Waals surface area (Å²) in [6.07, 6.45) is 12.0. The molecule has 19 heavy (non-hydrogen) atoms. The lowest BCUT2D eigenvalue weighted by Crippen LogP contribution is -2.14. The minimum Gasteiger partial charge on any atom is -0.369 e. The Morgan fingerprint density at radius 3 is 2.21 bits per heavy atom. The highest BCUT2D eigenvalue weighted by atomic mass is 16.6. The molecule has 1 heteroatoms. The molecule has 0 amide bonds. The van der Waals surface area contributed by atoms with Gasteiger partial charge in [-0.3, -0.25) is 0 Å².